The average Bonchev–Trinajstić information content (AvgIpc) is 2.64. The van der Waals surface area contributed by atoms with Gasteiger partial charge in [-0.2, -0.15) is 4.98 Å². The summed E-state index contributed by atoms with van der Waals surface area (Å²) in [4.78, 5) is 3.72. The zero-order valence-electron chi connectivity index (χ0n) is 9.33. The minimum atomic E-state index is -4.46. The fourth-order valence-electron chi connectivity index (χ4n) is 1.18. The minimum Gasteiger partial charge on any atom is -0.748 e. The number of hydrogen-bond acceptors (Lipinski definition) is 6. The van der Waals surface area contributed by atoms with E-state index >= 15 is 0 Å². The maximum atomic E-state index is 12.6. The molecule has 0 aliphatic rings. The van der Waals surface area contributed by atoms with Crippen molar-refractivity contribution >= 4 is 10.1 Å². The molecule has 0 spiro atoms. The van der Waals surface area contributed by atoms with Gasteiger partial charge in [-0.05, 0) is 24.3 Å². The van der Waals surface area contributed by atoms with Crippen LogP contribution in [-0.2, 0) is 15.9 Å². The first-order valence-electron chi connectivity index (χ1n) is 4.46. The summed E-state index contributed by atoms with van der Waals surface area (Å²) in [6.45, 7) is 0. The number of benzene rings is 1. The summed E-state index contributed by atoms with van der Waals surface area (Å²) < 4.78 is 48.6. The second-order valence-electron chi connectivity index (χ2n) is 3.22. The Morgan fingerprint density at radius 3 is 2.44 bits per heavy atom. The van der Waals surface area contributed by atoms with E-state index < -0.39 is 21.7 Å². The van der Waals surface area contributed by atoms with Crippen LogP contribution in [-0.4, -0.2) is 23.1 Å². The van der Waals surface area contributed by atoms with Gasteiger partial charge in [0.1, 0.15) is 21.7 Å². The van der Waals surface area contributed by atoms with Crippen molar-refractivity contribution < 1.29 is 51.4 Å². The van der Waals surface area contributed by atoms with Gasteiger partial charge in [0.15, 0.2) is 0 Å². The fraction of sp³-hybridized carbons (Fsp3) is 0.111. The van der Waals surface area contributed by atoms with E-state index in [1.54, 1.807) is 0 Å². The molecule has 0 N–H and O–H groups in total. The summed E-state index contributed by atoms with van der Waals surface area (Å²) >= 11 is 0. The van der Waals surface area contributed by atoms with Gasteiger partial charge in [-0.15, -0.1) is 0 Å². The molecule has 2 rings (SSSR count). The average molecular weight is 280 g/mol. The first kappa shape index (κ1) is 15.3. The molecule has 0 unspecified atom stereocenters. The maximum Gasteiger partial charge on any atom is 1.00 e. The van der Waals surface area contributed by atoms with Crippen molar-refractivity contribution in [2.45, 2.75) is 5.75 Å². The number of nitrogens with zero attached hydrogens (tertiary/aromatic N) is 2. The van der Waals surface area contributed by atoms with Gasteiger partial charge in [0.2, 0.25) is 11.7 Å². The largest absolute Gasteiger partial charge is 1.00 e. The van der Waals surface area contributed by atoms with Crippen LogP contribution in [0.2, 0.25) is 0 Å². The van der Waals surface area contributed by atoms with Crippen molar-refractivity contribution in [3.8, 4) is 11.4 Å². The normalized spacial score (nSPS) is 11.0. The SMILES string of the molecule is O=S(=O)([O-])Cc1nc(-c2ccc(F)cc2)no1.[Na+]. The van der Waals surface area contributed by atoms with Crippen LogP contribution in [0.3, 0.4) is 0 Å². The molecule has 1 aromatic heterocycles. The zero-order valence-corrected chi connectivity index (χ0v) is 12.1. The Balaban J connectivity index is 0.00000162. The standard InChI is InChI=1S/C9H7FN2O4S.Na/c10-7-3-1-6(2-4-7)9-11-8(16-12-9)5-17(13,14)15;/h1-4H,5H2,(H,13,14,15);/q;+1/p-1. The van der Waals surface area contributed by atoms with E-state index in [4.69, 9.17) is 0 Å². The molecule has 0 fully saturated rings. The van der Waals surface area contributed by atoms with Crippen LogP contribution in [0.25, 0.3) is 11.4 Å². The summed E-state index contributed by atoms with van der Waals surface area (Å²) in [7, 11) is -4.46. The Labute approximate surface area is 124 Å². The van der Waals surface area contributed by atoms with Crippen molar-refractivity contribution in [3.05, 3.63) is 36.0 Å². The first-order chi connectivity index (χ1) is 7.94. The summed E-state index contributed by atoms with van der Waals surface area (Å²) in [6, 6.07) is 5.23. The molecule has 0 amide bonds. The molecule has 1 heterocycles. The first-order valence-corrected chi connectivity index (χ1v) is 6.04. The van der Waals surface area contributed by atoms with Crippen LogP contribution < -0.4 is 29.6 Å². The van der Waals surface area contributed by atoms with Gasteiger partial charge in [0, 0.05) is 5.56 Å². The molecule has 9 heteroatoms. The van der Waals surface area contributed by atoms with Crippen LogP contribution in [0.1, 0.15) is 5.89 Å². The molecule has 1 aromatic carbocycles. The van der Waals surface area contributed by atoms with Gasteiger partial charge in [-0.25, -0.2) is 12.8 Å². The van der Waals surface area contributed by atoms with E-state index in [9.17, 15) is 17.4 Å². The van der Waals surface area contributed by atoms with E-state index in [1.807, 2.05) is 0 Å². The second-order valence-corrected chi connectivity index (χ2v) is 4.62. The van der Waals surface area contributed by atoms with Gasteiger partial charge in [0.25, 0.3) is 0 Å². The number of aromatic nitrogens is 2. The van der Waals surface area contributed by atoms with Gasteiger partial charge >= 0.3 is 29.6 Å². The van der Waals surface area contributed by atoms with Crippen molar-refractivity contribution in [2.75, 3.05) is 0 Å². The maximum absolute atomic E-state index is 12.6. The van der Waals surface area contributed by atoms with Crippen molar-refractivity contribution in [1.82, 2.24) is 10.1 Å². The predicted octanol–water partition coefficient (Wildman–Crippen LogP) is -2.08. The van der Waals surface area contributed by atoms with Crippen LogP contribution in [0.4, 0.5) is 4.39 Å². The number of rotatable bonds is 3. The van der Waals surface area contributed by atoms with Crippen LogP contribution in [0.5, 0.6) is 0 Å². The molecule has 6 nitrogen and oxygen atoms in total. The second kappa shape index (κ2) is 5.89. The topological polar surface area (TPSA) is 96.1 Å². The Morgan fingerprint density at radius 1 is 1.28 bits per heavy atom. The third kappa shape index (κ3) is 4.14. The van der Waals surface area contributed by atoms with Crippen molar-refractivity contribution in [1.29, 1.82) is 0 Å². The molecule has 0 atom stereocenters. The van der Waals surface area contributed by atoms with Crippen molar-refractivity contribution in [3.63, 3.8) is 0 Å². The fourth-order valence-corrected chi connectivity index (χ4v) is 1.60. The summed E-state index contributed by atoms with van der Waals surface area (Å²) in [5.41, 5.74) is 0.463. The molecular formula is C9H6FN2NaO4S. The smallest absolute Gasteiger partial charge is 0.748 e. The minimum absolute atomic E-state index is 0. The van der Waals surface area contributed by atoms with Crippen LogP contribution in [0, 0.1) is 5.82 Å². The number of hydrogen-bond donors (Lipinski definition) is 0. The molecule has 0 aliphatic carbocycles. The molecule has 18 heavy (non-hydrogen) atoms. The van der Waals surface area contributed by atoms with Crippen LogP contribution in [0.15, 0.2) is 28.8 Å². The Hall–Kier alpha value is -0.800. The van der Waals surface area contributed by atoms with Gasteiger partial charge in [0.05, 0.1) is 0 Å². The third-order valence-electron chi connectivity index (χ3n) is 1.87. The molecule has 0 aliphatic heterocycles. The molecular weight excluding hydrogens is 274 g/mol. The summed E-state index contributed by atoms with van der Waals surface area (Å²) in [6.07, 6.45) is 0. The number of halogens is 1. The van der Waals surface area contributed by atoms with E-state index in [-0.39, 0.29) is 41.3 Å². The van der Waals surface area contributed by atoms with Crippen molar-refractivity contribution in [2.24, 2.45) is 0 Å². The summed E-state index contributed by atoms with van der Waals surface area (Å²) in [5.74, 6) is -1.47. The summed E-state index contributed by atoms with van der Waals surface area (Å²) in [5, 5.41) is 3.49. The van der Waals surface area contributed by atoms with Crippen LogP contribution >= 0.6 is 0 Å². The Bertz CT molecular complexity index is 626. The predicted molar refractivity (Wildman–Crippen MR) is 53.1 cm³/mol. The van der Waals surface area contributed by atoms with Gasteiger partial charge < -0.3 is 9.08 Å². The van der Waals surface area contributed by atoms with E-state index in [2.05, 4.69) is 14.7 Å². The monoisotopic (exact) mass is 280 g/mol. The zero-order chi connectivity index (χ0) is 12.5. The Morgan fingerprint density at radius 2 is 1.89 bits per heavy atom. The Kier molecular flexibility index (Phi) is 5.00. The quantitative estimate of drug-likeness (QED) is 0.473. The molecule has 0 saturated heterocycles. The van der Waals surface area contributed by atoms with Gasteiger partial charge in [-0.1, -0.05) is 5.16 Å². The van der Waals surface area contributed by atoms with E-state index in [1.165, 1.54) is 24.3 Å². The third-order valence-corrected chi connectivity index (χ3v) is 2.47. The van der Waals surface area contributed by atoms with E-state index in [0.29, 0.717) is 5.56 Å². The molecule has 0 bridgehead atoms. The van der Waals surface area contributed by atoms with E-state index in [0.717, 1.165) is 0 Å². The molecule has 2 aromatic rings. The molecule has 0 saturated carbocycles. The molecule has 90 valence electrons. The van der Waals surface area contributed by atoms with Gasteiger partial charge in [-0.3, -0.25) is 0 Å². The molecule has 0 radical (unpaired) electrons.